The van der Waals surface area contributed by atoms with Crippen LogP contribution >= 0.6 is 0 Å². The minimum Gasteiger partial charge on any atom is -0.491 e. The van der Waals surface area contributed by atoms with Crippen molar-refractivity contribution in [2.24, 2.45) is 0 Å². The minimum absolute atomic E-state index is 0.00445. The lowest BCUT2D eigenvalue weighted by atomic mass is 9.89. The highest BCUT2D eigenvalue weighted by Gasteiger charge is 2.49. The zero-order chi connectivity index (χ0) is 21.5. The first-order valence-corrected chi connectivity index (χ1v) is 10.4. The Balaban J connectivity index is 1.43. The van der Waals surface area contributed by atoms with Crippen molar-refractivity contribution < 1.29 is 19.4 Å². The number of nitrogens with one attached hydrogen (secondary N) is 1. The van der Waals surface area contributed by atoms with Crippen LogP contribution in [0.4, 0.5) is 4.79 Å². The molecule has 2 aromatic rings. The Labute approximate surface area is 176 Å². The van der Waals surface area contributed by atoms with E-state index in [1.54, 1.807) is 6.92 Å². The maximum atomic E-state index is 13.1. The number of fused-ring (bicyclic) bond motifs is 1. The summed E-state index contributed by atoms with van der Waals surface area (Å²) in [5.74, 6) is 0.308. The standard InChI is InChI=1S/C24H28N2O4/c1-15-9-16(2)11-21(10-15)30-14-20(27)13-26-22(28)24(3,25-23(26)29)19-8-7-17-5-4-6-18(17)12-19/h7-12,20,27H,4-6,13-14H2,1-3H3,(H,25,29)/t20-,24-/m0/s1. The number of benzene rings is 2. The molecule has 2 N–H and O–H groups in total. The van der Waals surface area contributed by atoms with Gasteiger partial charge in [0.2, 0.25) is 0 Å². The van der Waals surface area contributed by atoms with Crippen molar-refractivity contribution >= 4 is 11.9 Å². The Morgan fingerprint density at radius 2 is 1.80 bits per heavy atom. The van der Waals surface area contributed by atoms with Gasteiger partial charge in [-0.1, -0.05) is 24.3 Å². The van der Waals surface area contributed by atoms with Gasteiger partial charge in [-0.15, -0.1) is 0 Å². The molecule has 3 amide bonds. The molecule has 0 bridgehead atoms. The predicted octanol–water partition coefficient (Wildman–Crippen LogP) is 3.00. The van der Waals surface area contributed by atoms with E-state index in [4.69, 9.17) is 4.74 Å². The van der Waals surface area contributed by atoms with Gasteiger partial charge >= 0.3 is 6.03 Å². The predicted molar refractivity (Wildman–Crippen MR) is 113 cm³/mol. The van der Waals surface area contributed by atoms with Crippen LogP contribution in [0.5, 0.6) is 5.75 Å². The van der Waals surface area contributed by atoms with Crippen LogP contribution in [0, 0.1) is 13.8 Å². The second kappa shape index (κ2) is 7.76. The zero-order valence-electron chi connectivity index (χ0n) is 17.7. The zero-order valence-corrected chi connectivity index (χ0v) is 17.7. The number of aliphatic hydroxyl groups is 1. The van der Waals surface area contributed by atoms with E-state index in [1.807, 2.05) is 44.2 Å². The van der Waals surface area contributed by atoms with Crippen LogP contribution in [0.25, 0.3) is 0 Å². The van der Waals surface area contributed by atoms with E-state index in [-0.39, 0.29) is 19.1 Å². The number of urea groups is 1. The summed E-state index contributed by atoms with van der Waals surface area (Å²) in [6.45, 7) is 5.56. The lowest BCUT2D eigenvalue weighted by molar-refractivity contribution is -0.132. The van der Waals surface area contributed by atoms with Crippen LogP contribution in [-0.4, -0.2) is 41.2 Å². The van der Waals surface area contributed by atoms with E-state index in [2.05, 4.69) is 11.4 Å². The van der Waals surface area contributed by atoms with Gasteiger partial charge in [0.25, 0.3) is 5.91 Å². The number of carbonyl (C=O) groups is 2. The van der Waals surface area contributed by atoms with Crippen molar-refractivity contribution in [3.05, 3.63) is 64.2 Å². The summed E-state index contributed by atoms with van der Waals surface area (Å²) in [6, 6.07) is 11.3. The largest absolute Gasteiger partial charge is 0.491 e. The Morgan fingerprint density at radius 3 is 2.53 bits per heavy atom. The number of imide groups is 1. The number of carbonyl (C=O) groups excluding carboxylic acids is 2. The van der Waals surface area contributed by atoms with Gasteiger partial charge in [-0.2, -0.15) is 0 Å². The molecule has 1 saturated heterocycles. The summed E-state index contributed by atoms with van der Waals surface area (Å²) in [5.41, 5.74) is 4.36. The lowest BCUT2D eigenvalue weighted by Gasteiger charge is -2.24. The van der Waals surface area contributed by atoms with Gasteiger partial charge in [0.05, 0.1) is 6.54 Å². The van der Waals surface area contributed by atoms with Gasteiger partial charge in [0.15, 0.2) is 0 Å². The van der Waals surface area contributed by atoms with Gasteiger partial charge in [-0.3, -0.25) is 9.69 Å². The summed E-state index contributed by atoms with van der Waals surface area (Å²) < 4.78 is 5.68. The van der Waals surface area contributed by atoms with E-state index in [9.17, 15) is 14.7 Å². The van der Waals surface area contributed by atoms with Gasteiger partial charge in [0.1, 0.15) is 24.0 Å². The number of hydrogen-bond acceptors (Lipinski definition) is 4. The first-order chi connectivity index (χ1) is 14.3. The van der Waals surface area contributed by atoms with E-state index in [0.717, 1.165) is 40.9 Å². The van der Waals surface area contributed by atoms with Crippen LogP contribution in [0.3, 0.4) is 0 Å². The number of ether oxygens (including phenoxy) is 1. The number of aliphatic hydroxyl groups excluding tert-OH is 1. The number of amides is 3. The van der Waals surface area contributed by atoms with Gasteiger partial charge < -0.3 is 15.2 Å². The molecule has 158 valence electrons. The summed E-state index contributed by atoms with van der Waals surface area (Å²) in [4.78, 5) is 26.8. The fourth-order valence-electron chi connectivity index (χ4n) is 4.41. The highest BCUT2D eigenvalue weighted by Crippen LogP contribution is 2.32. The van der Waals surface area contributed by atoms with Crippen molar-refractivity contribution in [1.82, 2.24) is 10.2 Å². The third-order valence-corrected chi connectivity index (χ3v) is 5.98. The summed E-state index contributed by atoms with van der Waals surface area (Å²) in [7, 11) is 0. The molecule has 2 aromatic carbocycles. The number of rotatable bonds is 6. The van der Waals surface area contributed by atoms with Crippen LogP contribution in [-0.2, 0) is 23.2 Å². The molecule has 2 atom stereocenters. The lowest BCUT2D eigenvalue weighted by Crippen LogP contribution is -2.42. The van der Waals surface area contributed by atoms with Crippen LogP contribution in [0.15, 0.2) is 36.4 Å². The number of aryl methyl sites for hydroxylation is 4. The molecular weight excluding hydrogens is 380 g/mol. The van der Waals surface area contributed by atoms with Crippen LogP contribution < -0.4 is 10.1 Å². The van der Waals surface area contributed by atoms with Crippen molar-refractivity contribution in [3.8, 4) is 5.75 Å². The highest BCUT2D eigenvalue weighted by molar-refractivity contribution is 6.07. The first-order valence-electron chi connectivity index (χ1n) is 10.4. The molecule has 1 heterocycles. The van der Waals surface area contributed by atoms with Crippen molar-refractivity contribution in [2.75, 3.05) is 13.2 Å². The molecule has 6 heteroatoms. The van der Waals surface area contributed by atoms with Crippen molar-refractivity contribution in [3.63, 3.8) is 0 Å². The Bertz CT molecular complexity index is 982. The monoisotopic (exact) mass is 408 g/mol. The molecule has 1 fully saturated rings. The molecular formula is C24H28N2O4. The van der Waals surface area contributed by atoms with Crippen molar-refractivity contribution in [2.45, 2.75) is 51.7 Å². The summed E-state index contributed by atoms with van der Waals surface area (Å²) >= 11 is 0. The van der Waals surface area contributed by atoms with Gasteiger partial charge in [-0.05, 0) is 80.0 Å². The maximum absolute atomic E-state index is 13.1. The van der Waals surface area contributed by atoms with Gasteiger partial charge in [-0.25, -0.2) is 4.79 Å². The molecule has 0 radical (unpaired) electrons. The Kier molecular flexibility index (Phi) is 5.28. The van der Waals surface area contributed by atoms with Crippen LogP contribution in [0.2, 0.25) is 0 Å². The molecule has 1 aliphatic heterocycles. The first kappa shape index (κ1) is 20.4. The minimum atomic E-state index is -1.12. The molecule has 0 unspecified atom stereocenters. The van der Waals surface area contributed by atoms with Crippen LogP contribution in [0.1, 0.15) is 41.2 Å². The second-order valence-corrected chi connectivity index (χ2v) is 8.60. The SMILES string of the molecule is Cc1cc(C)cc(OC[C@@H](O)CN2C(=O)N[C@@](C)(c3ccc4c(c3)CCC4)C2=O)c1. The van der Waals surface area contributed by atoms with Crippen molar-refractivity contribution in [1.29, 1.82) is 0 Å². The molecule has 0 aromatic heterocycles. The summed E-state index contributed by atoms with van der Waals surface area (Å²) in [5, 5.41) is 13.2. The normalized spacial score (nSPS) is 21.5. The van der Waals surface area contributed by atoms with E-state index in [0.29, 0.717) is 5.75 Å². The van der Waals surface area contributed by atoms with Gasteiger partial charge in [0, 0.05) is 0 Å². The fourth-order valence-corrected chi connectivity index (χ4v) is 4.41. The molecule has 4 rings (SSSR count). The second-order valence-electron chi connectivity index (χ2n) is 8.60. The third kappa shape index (κ3) is 3.79. The molecule has 0 spiro atoms. The molecule has 1 aliphatic carbocycles. The highest BCUT2D eigenvalue weighted by atomic mass is 16.5. The number of hydrogen-bond donors (Lipinski definition) is 2. The fraction of sp³-hybridized carbons (Fsp3) is 0.417. The summed E-state index contributed by atoms with van der Waals surface area (Å²) in [6.07, 6.45) is 2.20. The molecule has 6 nitrogen and oxygen atoms in total. The maximum Gasteiger partial charge on any atom is 0.325 e. The van der Waals surface area contributed by atoms with E-state index in [1.165, 1.54) is 11.1 Å². The molecule has 2 aliphatic rings. The number of nitrogens with zero attached hydrogens (tertiary/aromatic N) is 1. The number of β-amino-alcohol motifs (C(OH)–C–C–N with tert-alkyl or cyclic N) is 1. The average molecular weight is 408 g/mol. The molecule has 30 heavy (non-hydrogen) atoms. The average Bonchev–Trinajstić information content (AvgIpc) is 3.24. The smallest absolute Gasteiger partial charge is 0.325 e. The topological polar surface area (TPSA) is 78.9 Å². The van der Waals surface area contributed by atoms with E-state index >= 15 is 0 Å². The Hall–Kier alpha value is -2.86. The third-order valence-electron chi connectivity index (χ3n) is 5.98. The Morgan fingerprint density at radius 1 is 1.10 bits per heavy atom. The molecule has 0 saturated carbocycles. The van der Waals surface area contributed by atoms with E-state index < -0.39 is 17.7 Å². The quantitative estimate of drug-likeness (QED) is 0.721.